The number of nitrogens with one attached hydrogen (secondary N) is 2. The maximum atomic E-state index is 12.0. The number of nitrogen functional groups attached to an aromatic ring is 1. The predicted octanol–water partition coefficient (Wildman–Crippen LogP) is 0.972. The average Bonchev–Trinajstić information content (AvgIpc) is 3.06. The molecule has 1 aromatic carbocycles. The lowest BCUT2D eigenvalue weighted by Gasteiger charge is -2.36. The molecular formula is C20H30ClN5O3. The van der Waals surface area contributed by atoms with Gasteiger partial charge in [-0.05, 0) is 37.1 Å². The summed E-state index contributed by atoms with van der Waals surface area (Å²) in [4.78, 5) is 28.1. The van der Waals surface area contributed by atoms with Crippen LogP contribution >= 0.6 is 12.4 Å². The van der Waals surface area contributed by atoms with Gasteiger partial charge in [0.2, 0.25) is 5.91 Å². The number of ether oxygens (including phenoxy) is 1. The first kappa shape index (κ1) is 23.0. The Hall–Kier alpha value is -2.32. The van der Waals surface area contributed by atoms with E-state index in [1.165, 1.54) is 7.11 Å². The number of amidine groups is 1. The standard InChI is InChI=1S/C20H29N5O3.ClH/c1-28-18(26)13-15-12-16(23-20(15)27)6-7-24-8-10-25(11-9-24)17-4-2-14(3-5-17)19(21)22;/h2-5,15-16H,6-13H2,1H3,(H3,21,22)(H,23,27);1H/t15-,16+;/m0./s1. The summed E-state index contributed by atoms with van der Waals surface area (Å²) < 4.78 is 4.67. The van der Waals surface area contributed by atoms with Gasteiger partial charge < -0.3 is 20.7 Å². The molecule has 9 heteroatoms. The molecule has 0 bridgehead atoms. The van der Waals surface area contributed by atoms with Crippen LogP contribution in [0.25, 0.3) is 0 Å². The van der Waals surface area contributed by atoms with Crippen LogP contribution in [0, 0.1) is 11.3 Å². The zero-order valence-corrected chi connectivity index (χ0v) is 17.5. The molecule has 0 aromatic heterocycles. The third-order valence-corrected chi connectivity index (χ3v) is 5.64. The number of anilines is 1. The van der Waals surface area contributed by atoms with Gasteiger partial charge in [0.1, 0.15) is 5.84 Å². The number of carbonyl (C=O) groups excluding carboxylic acids is 2. The van der Waals surface area contributed by atoms with Crippen LogP contribution in [0.15, 0.2) is 24.3 Å². The highest BCUT2D eigenvalue weighted by atomic mass is 35.5. The van der Waals surface area contributed by atoms with Crippen molar-refractivity contribution in [2.24, 2.45) is 11.7 Å². The Morgan fingerprint density at radius 2 is 1.90 bits per heavy atom. The topological polar surface area (TPSA) is 112 Å². The monoisotopic (exact) mass is 423 g/mol. The molecular weight excluding hydrogens is 394 g/mol. The number of carbonyl (C=O) groups is 2. The fourth-order valence-electron chi connectivity index (χ4n) is 3.90. The molecule has 2 aliphatic rings. The molecule has 0 unspecified atom stereocenters. The van der Waals surface area contributed by atoms with Crippen LogP contribution in [0.5, 0.6) is 0 Å². The molecule has 2 fully saturated rings. The van der Waals surface area contributed by atoms with E-state index in [2.05, 4.69) is 19.9 Å². The van der Waals surface area contributed by atoms with E-state index < -0.39 is 0 Å². The highest BCUT2D eigenvalue weighted by Crippen LogP contribution is 2.22. The maximum Gasteiger partial charge on any atom is 0.306 e. The van der Waals surface area contributed by atoms with Crippen molar-refractivity contribution < 1.29 is 14.3 Å². The molecule has 2 atom stereocenters. The van der Waals surface area contributed by atoms with Crippen LogP contribution in [0.4, 0.5) is 5.69 Å². The largest absolute Gasteiger partial charge is 0.469 e. The molecule has 160 valence electrons. The van der Waals surface area contributed by atoms with Crippen molar-refractivity contribution >= 4 is 35.8 Å². The molecule has 0 spiro atoms. The molecule has 0 radical (unpaired) electrons. The van der Waals surface area contributed by atoms with Crippen molar-refractivity contribution in [3.8, 4) is 0 Å². The first-order valence-corrected chi connectivity index (χ1v) is 9.75. The van der Waals surface area contributed by atoms with Gasteiger partial charge in [-0.25, -0.2) is 0 Å². The van der Waals surface area contributed by atoms with Crippen molar-refractivity contribution in [1.82, 2.24) is 10.2 Å². The molecule has 2 saturated heterocycles. The summed E-state index contributed by atoms with van der Waals surface area (Å²) in [5.41, 5.74) is 7.40. The Labute approximate surface area is 177 Å². The predicted molar refractivity (Wildman–Crippen MR) is 115 cm³/mol. The summed E-state index contributed by atoms with van der Waals surface area (Å²) in [6, 6.07) is 7.94. The molecule has 1 aromatic rings. The van der Waals surface area contributed by atoms with Gasteiger partial charge in [0.05, 0.1) is 19.4 Å². The van der Waals surface area contributed by atoms with E-state index >= 15 is 0 Å². The highest BCUT2D eigenvalue weighted by Gasteiger charge is 2.33. The van der Waals surface area contributed by atoms with E-state index in [0.29, 0.717) is 6.42 Å². The van der Waals surface area contributed by atoms with Crippen molar-refractivity contribution in [2.75, 3.05) is 44.7 Å². The van der Waals surface area contributed by atoms with Crippen LogP contribution in [0.2, 0.25) is 0 Å². The normalized spacial score (nSPS) is 22.0. The second-order valence-electron chi connectivity index (χ2n) is 7.50. The summed E-state index contributed by atoms with van der Waals surface area (Å²) >= 11 is 0. The van der Waals surface area contributed by atoms with Crippen molar-refractivity contribution in [2.45, 2.75) is 25.3 Å². The molecule has 0 saturated carbocycles. The number of amides is 1. The molecule has 8 nitrogen and oxygen atoms in total. The lowest BCUT2D eigenvalue weighted by atomic mass is 10.00. The van der Waals surface area contributed by atoms with Crippen molar-refractivity contribution in [3.63, 3.8) is 0 Å². The number of esters is 1. The maximum absolute atomic E-state index is 12.0. The van der Waals surface area contributed by atoms with E-state index in [0.717, 1.165) is 50.4 Å². The smallest absolute Gasteiger partial charge is 0.306 e. The molecule has 1 amide bonds. The summed E-state index contributed by atoms with van der Waals surface area (Å²) in [5, 5.41) is 10.5. The van der Waals surface area contributed by atoms with Gasteiger partial charge in [-0.1, -0.05) is 0 Å². The summed E-state index contributed by atoms with van der Waals surface area (Å²) in [6.45, 7) is 4.78. The Morgan fingerprint density at radius 3 is 2.48 bits per heavy atom. The summed E-state index contributed by atoms with van der Waals surface area (Å²) in [7, 11) is 1.35. The fraction of sp³-hybridized carbons (Fsp3) is 0.550. The van der Waals surface area contributed by atoms with Crippen molar-refractivity contribution in [3.05, 3.63) is 29.8 Å². The number of nitrogens with two attached hydrogens (primary N) is 1. The van der Waals surface area contributed by atoms with Crippen LogP contribution in [-0.2, 0) is 14.3 Å². The quantitative estimate of drug-likeness (QED) is 0.342. The molecule has 2 heterocycles. The van der Waals surface area contributed by atoms with Gasteiger partial charge in [0.25, 0.3) is 0 Å². The Morgan fingerprint density at radius 1 is 1.24 bits per heavy atom. The minimum absolute atomic E-state index is 0. The zero-order valence-electron chi connectivity index (χ0n) is 16.7. The number of methoxy groups -OCH3 is 1. The molecule has 0 aliphatic carbocycles. The SMILES string of the molecule is COC(=O)C[C@@H]1C[C@@H](CCN2CCN(c3ccc(C(=N)N)cc3)CC2)NC1=O.Cl. The Balaban J connectivity index is 0.00000300. The second-order valence-corrected chi connectivity index (χ2v) is 7.50. The summed E-state index contributed by atoms with van der Waals surface area (Å²) in [6.07, 6.45) is 1.77. The second kappa shape index (κ2) is 10.5. The molecule has 2 aliphatic heterocycles. The number of nitrogens with zero attached hydrogens (tertiary/aromatic N) is 2. The van der Waals surface area contributed by atoms with E-state index in [-0.39, 0.29) is 48.5 Å². The van der Waals surface area contributed by atoms with Crippen LogP contribution in [0.3, 0.4) is 0 Å². The van der Waals surface area contributed by atoms with Gasteiger partial charge in [-0.2, -0.15) is 0 Å². The van der Waals surface area contributed by atoms with Gasteiger partial charge >= 0.3 is 5.97 Å². The average molecular weight is 424 g/mol. The first-order chi connectivity index (χ1) is 13.5. The van der Waals surface area contributed by atoms with Gasteiger partial charge in [-0.3, -0.25) is 19.9 Å². The Kier molecular flexibility index (Phi) is 8.28. The molecule has 3 rings (SSSR count). The van der Waals surface area contributed by atoms with Crippen LogP contribution < -0.4 is 16.0 Å². The van der Waals surface area contributed by atoms with Gasteiger partial charge in [-0.15, -0.1) is 12.4 Å². The number of piperazine rings is 1. The van der Waals surface area contributed by atoms with Crippen LogP contribution in [0.1, 0.15) is 24.8 Å². The van der Waals surface area contributed by atoms with E-state index in [9.17, 15) is 9.59 Å². The number of rotatable bonds is 7. The van der Waals surface area contributed by atoms with E-state index in [4.69, 9.17) is 11.1 Å². The fourth-order valence-corrected chi connectivity index (χ4v) is 3.90. The lowest BCUT2D eigenvalue weighted by molar-refractivity contribution is -0.143. The summed E-state index contributed by atoms with van der Waals surface area (Å²) in [5.74, 6) is -0.529. The Bertz CT molecular complexity index is 719. The number of hydrogen-bond acceptors (Lipinski definition) is 6. The number of hydrogen-bond donors (Lipinski definition) is 3. The van der Waals surface area contributed by atoms with E-state index in [1.807, 2.05) is 24.3 Å². The lowest BCUT2D eigenvalue weighted by Crippen LogP contribution is -2.47. The van der Waals surface area contributed by atoms with Gasteiger partial charge in [0.15, 0.2) is 0 Å². The molecule has 4 N–H and O–H groups in total. The minimum atomic E-state index is -0.326. The highest BCUT2D eigenvalue weighted by molar-refractivity contribution is 5.95. The third kappa shape index (κ3) is 6.08. The zero-order chi connectivity index (χ0) is 20.1. The van der Waals surface area contributed by atoms with Gasteiger partial charge in [0, 0.05) is 50.0 Å². The number of benzene rings is 1. The number of halogens is 1. The third-order valence-electron chi connectivity index (χ3n) is 5.64. The van der Waals surface area contributed by atoms with E-state index in [1.54, 1.807) is 0 Å². The minimum Gasteiger partial charge on any atom is -0.469 e. The first-order valence-electron chi connectivity index (χ1n) is 9.75. The van der Waals surface area contributed by atoms with Crippen LogP contribution in [-0.4, -0.2) is 68.5 Å². The van der Waals surface area contributed by atoms with Crippen molar-refractivity contribution in [1.29, 1.82) is 5.41 Å². The molecule has 29 heavy (non-hydrogen) atoms.